The molecule has 31 heavy (non-hydrogen) atoms. The van der Waals surface area contributed by atoms with Crippen LogP contribution in [0.4, 0.5) is 0 Å². The van der Waals surface area contributed by atoms with E-state index in [9.17, 15) is 4.79 Å². The first-order chi connectivity index (χ1) is 15.3. The van der Waals surface area contributed by atoms with Gasteiger partial charge in [-0.05, 0) is 23.7 Å². The van der Waals surface area contributed by atoms with Crippen LogP contribution in [0.3, 0.4) is 0 Å². The summed E-state index contributed by atoms with van der Waals surface area (Å²) < 4.78 is 28.3. The Hall–Kier alpha value is 0.0400. The van der Waals surface area contributed by atoms with Gasteiger partial charge in [0.05, 0.1) is 46.2 Å². The number of carbonyl (C=O) groups excluding carboxylic acids is 1. The van der Waals surface area contributed by atoms with Gasteiger partial charge >= 0.3 is 5.97 Å². The lowest BCUT2D eigenvalue weighted by atomic mass is 10.1. The van der Waals surface area contributed by atoms with Crippen LogP contribution in [-0.4, -0.2) is 69.9 Å². The SMILES string of the molecule is CCCCCCCCCC(=O)OCCOCCOCCOCCOCCCCCCI. The minimum atomic E-state index is -0.120. The maximum atomic E-state index is 11.6. The molecular weight excluding hydrogens is 511 g/mol. The zero-order valence-corrected chi connectivity index (χ0v) is 22.0. The van der Waals surface area contributed by atoms with Crippen LogP contribution in [0.5, 0.6) is 0 Å². The third-order valence-electron chi connectivity index (χ3n) is 4.76. The molecule has 0 saturated heterocycles. The minimum absolute atomic E-state index is 0.120. The molecule has 0 atom stereocenters. The Bertz CT molecular complexity index is 357. The molecule has 0 unspecified atom stereocenters. The average molecular weight is 559 g/mol. The fraction of sp³-hybridized carbons (Fsp3) is 0.958. The fourth-order valence-corrected chi connectivity index (χ4v) is 3.47. The summed E-state index contributed by atoms with van der Waals surface area (Å²) >= 11 is 2.42. The van der Waals surface area contributed by atoms with Gasteiger partial charge in [0.15, 0.2) is 0 Å². The van der Waals surface area contributed by atoms with Crippen LogP contribution in [0.2, 0.25) is 0 Å². The molecule has 0 heterocycles. The van der Waals surface area contributed by atoms with Crippen molar-refractivity contribution in [1.29, 1.82) is 0 Å². The van der Waals surface area contributed by atoms with Crippen molar-refractivity contribution in [3.8, 4) is 0 Å². The van der Waals surface area contributed by atoms with E-state index in [1.54, 1.807) is 0 Å². The Balaban J connectivity index is 3.11. The van der Waals surface area contributed by atoms with Gasteiger partial charge in [0.25, 0.3) is 0 Å². The van der Waals surface area contributed by atoms with Crippen molar-refractivity contribution in [3.63, 3.8) is 0 Å². The summed E-state index contributed by atoms with van der Waals surface area (Å²) in [7, 11) is 0. The second-order valence-electron chi connectivity index (χ2n) is 7.64. The largest absolute Gasteiger partial charge is 0.463 e. The highest BCUT2D eigenvalue weighted by Crippen LogP contribution is 2.08. The number of hydrogen-bond donors (Lipinski definition) is 0. The normalized spacial score (nSPS) is 11.2. The summed E-state index contributed by atoms with van der Waals surface area (Å²) in [5, 5.41) is 0. The van der Waals surface area contributed by atoms with Crippen molar-refractivity contribution < 1.29 is 28.5 Å². The number of carbonyl (C=O) groups is 1. The Morgan fingerprint density at radius 1 is 0.548 bits per heavy atom. The maximum Gasteiger partial charge on any atom is 0.305 e. The van der Waals surface area contributed by atoms with Gasteiger partial charge in [-0.25, -0.2) is 0 Å². The lowest BCUT2D eigenvalue weighted by Gasteiger charge is -2.08. The van der Waals surface area contributed by atoms with Gasteiger partial charge in [-0.2, -0.15) is 0 Å². The molecule has 0 amide bonds. The minimum Gasteiger partial charge on any atom is -0.463 e. The van der Waals surface area contributed by atoms with Crippen LogP contribution >= 0.6 is 22.6 Å². The molecule has 0 bridgehead atoms. The maximum absolute atomic E-state index is 11.6. The van der Waals surface area contributed by atoms with E-state index in [-0.39, 0.29) is 5.97 Å². The molecule has 0 aromatic rings. The molecule has 0 rings (SSSR count). The molecule has 0 fully saturated rings. The van der Waals surface area contributed by atoms with Crippen molar-refractivity contribution >= 4 is 28.6 Å². The van der Waals surface area contributed by atoms with E-state index < -0.39 is 0 Å². The summed E-state index contributed by atoms with van der Waals surface area (Å²) in [6, 6.07) is 0. The van der Waals surface area contributed by atoms with Crippen molar-refractivity contribution in [2.24, 2.45) is 0 Å². The highest BCUT2D eigenvalue weighted by atomic mass is 127. The fourth-order valence-electron chi connectivity index (χ4n) is 2.93. The zero-order chi connectivity index (χ0) is 22.7. The monoisotopic (exact) mass is 558 g/mol. The molecule has 6 nitrogen and oxygen atoms in total. The van der Waals surface area contributed by atoms with Crippen LogP contribution in [0.1, 0.15) is 84.0 Å². The summed E-state index contributed by atoms with van der Waals surface area (Å²) in [5.41, 5.74) is 0. The van der Waals surface area contributed by atoms with Gasteiger partial charge in [-0.1, -0.05) is 80.9 Å². The van der Waals surface area contributed by atoms with E-state index in [2.05, 4.69) is 29.5 Å². The first-order valence-corrected chi connectivity index (χ1v) is 13.9. The third-order valence-corrected chi connectivity index (χ3v) is 5.53. The zero-order valence-electron chi connectivity index (χ0n) is 19.9. The molecule has 0 N–H and O–H groups in total. The standard InChI is InChI=1S/C24H47IO6/c1-2-3-4-5-6-7-10-13-24(26)31-23-22-30-21-20-29-19-18-28-17-16-27-15-12-9-8-11-14-25/h2-23H2,1H3. The number of unbranched alkanes of at least 4 members (excludes halogenated alkanes) is 9. The predicted molar refractivity (Wildman–Crippen MR) is 134 cm³/mol. The Morgan fingerprint density at radius 3 is 1.58 bits per heavy atom. The molecule has 186 valence electrons. The lowest BCUT2D eigenvalue weighted by molar-refractivity contribution is -0.145. The van der Waals surface area contributed by atoms with Crippen LogP contribution in [0.25, 0.3) is 0 Å². The van der Waals surface area contributed by atoms with Gasteiger partial charge in [0, 0.05) is 13.0 Å². The topological polar surface area (TPSA) is 63.2 Å². The molecule has 0 aliphatic heterocycles. The number of ether oxygens (including phenoxy) is 5. The van der Waals surface area contributed by atoms with E-state index in [0.717, 1.165) is 25.9 Å². The quantitative estimate of drug-likeness (QED) is 0.0585. The van der Waals surface area contributed by atoms with Gasteiger partial charge in [0.2, 0.25) is 0 Å². The van der Waals surface area contributed by atoms with Crippen molar-refractivity contribution in [2.45, 2.75) is 84.0 Å². The Morgan fingerprint density at radius 2 is 1.00 bits per heavy atom. The van der Waals surface area contributed by atoms with E-state index in [1.807, 2.05) is 0 Å². The number of hydrogen-bond acceptors (Lipinski definition) is 6. The van der Waals surface area contributed by atoms with Crippen molar-refractivity contribution in [3.05, 3.63) is 0 Å². The molecule has 0 aliphatic rings. The number of rotatable bonds is 26. The molecule has 0 aromatic carbocycles. The van der Waals surface area contributed by atoms with E-state index in [1.165, 1.54) is 55.8 Å². The molecule has 0 aromatic heterocycles. The molecule has 0 aliphatic carbocycles. The van der Waals surface area contributed by atoms with E-state index in [0.29, 0.717) is 59.3 Å². The smallest absolute Gasteiger partial charge is 0.305 e. The molecule has 0 spiro atoms. The second kappa shape index (κ2) is 28.1. The number of alkyl halides is 1. The second-order valence-corrected chi connectivity index (χ2v) is 8.72. The van der Waals surface area contributed by atoms with Crippen LogP contribution in [0.15, 0.2) is 0 Å². The molecule has 0 saturated carbocycles. The number of halogens is 1. The summed E-state index contributed by atoms with van der Waals surface area (Å²) in [6.07, 6.45) is 13.9. The summed E-state index contributed by atoms with van der Waals surface area (Å²) in [4.78, 5) is 11.6. The first kappa shape index (κ1) is 31.0. The average Bonchev–Trinajstić information content (AvgIpc) is 2.77. The van der Waals surface area contributed by atoms with Crippen LogP contribution in [0, 0.1) is 0 Å². The van der Waals surface area contributed by atoms with Gasteiger partial charge in [0.1, 0.15) is 6.61 Å². The third kappa shape index (κ3) is 28.0. The lowest BCUT2D eigenvalue weighted by Crippen LogP contribution is -2.14. The van der Waals surface area contributed by atoms with Gasteiger partial charge in [-0.3, -0.25) is 4.79 Å². The Kier molecular flexibility index (Phi) is 28.1. The van der Waals surface area contributed by atoms with E-state index in [4.69, 9.17) is 23.7 Å². The summed E-state index contributed by atoms with van der Waals surface area (Å²) in [6.45, 7) is 7.16. The Labute approximate surface area is 204 Å². The highest BCUT2D eigenvalue weighted by molar-refractivity contribution is 14.1. The van der Waals surface area contributed by atoms with Crippen LogP contribution < -0.4 is 0 Å². The van der Waals surface area contributed by atoms with Crippen molar-refractivity contribution in [2.75, 3.05) is 63.9 Å². The van der Waals surface area contributed by atoms with Crippen LogP contribution in [-0.2, 0) is 28.5 Å². The van der Waals surface area contributed by atoms with Crippen molar-refractivity contribution in [1.82, 2.24) is 0 Å². The first-order valence-electron chi connectivity index (χ1n) is 12.3. The van der Waals surface area contributed by atoms with E-state index >= 15 is 0 Å². The van der Waals surface area contributed by atoms with Gasteiger partial charge in [-0.15, -0.1) is 0 Å². The number of esters is 1. The highest BCUT2D eigenvalue weighted by Gasteiger charge is 2.02. The van der Waals surface area contributed by atoms with Gasteiger partial charge < -0.3 is 23.7 Å². The molecule has 7 heteroatoms. The molecule has 0 radical (unpaired) electrons. The predicted octanol–water partition coefficient (Wildman–Crippen LogP) is 5.73. The molecular formula is C24H47IO6. The summed E-state index contributed by atoms with van der Waals surface area (Å²) in [5.74, 6) is -0.120.